The molecule has 1 fully saturated rings. The quantitative estimate of drug-likeness (QED) is 0.819. The highest BCUT2D eigenvalue weighted by molar-refractivity contribution is 7.99. The van der Waals surface area contributed by atoms with Crippen LogP contribution in [-0.4, -0.2) is 51.6 Å². The van der Waals surface area contributed by atoms with E-state index in [1.54, 1.807) is 6.33 Å². The molecular formula is C13H24N4OS. The third-order valence-electron chi connectivity index (χ3n) is 3.34. The van der Waals surface area contributed by atoms with Gasteiger partial charge in [-0.1, -0.05) is 6.92 Å². The number of nitrogens with zero attached hydrogens (tertiary/aromatic N) is 3. The molecule has 5 nitrogen and oxygen atoms in total. The van der Waals surface area contributed by atoms with E-state index in [0.717, 1.165) is 49.9 Å². The molecule has 0 radical (unpaired) electrons. The number of hydrogen-bond acceptors (Lipinski definition) is 5. The van der Waals surface area contributed by atoms with Crippen LogP contribution in [-0.2, 0) is 17.7 Å². The molecule has 0 spiro atoms. The van der Waals surface area contributed by atoms with E-state index >= 15 is 0 Å². The number of ether oxygens (including phenoxy) is 1. The molecule has 0 amide bonds. The first-order valence-corrected chi connectivity index (χ1v) is 8.30. The number of aromatic nitrogens is 3. The van der Waals surface area contributed by atoms with Crippen molar-refractivity contribution in [2.45, 2.75) is 45.4 Å². The summed E-state index contributed by atoms with van der Waals surface area (Å²) < 4.78 is 7.89. The highest BCUT2D eigenvalue weighted by Gasteiger charge is 2.26. The molecule has 108 valence electrons. The topological polar surface area (TPSA) is 52.0 Å². The first kappa shape index (κ1) is 14.8. The average Bonchev–Trinajstić information content (AvgIpc) is 2.91. The standard InChI is InChI=1S/C13H24N4OS/c1-3-5-14-11(12-9-19-7-6-18-12)8-13-15-10-16-17(13)4-2/h10-12,14H,3-9H2,1-2H3. The molecule has 2 rings (SSSR count). The number of aryl methyl sites for hydroxylation is 1. The molecule has 0 bridgehead atoms. The van der Waals surface area contributed by atoms with Gasteiger partial charge in [0.15, 0.2) is 0 Å². The molecule has 1 aromatic heterocycles. The summed E-state index contributed by atoms with van der Waals surface area (Å²) in [5, 5.41) is 7.85. The smallest absolute Gasteiger partial charge is 0.138 e. The van der Waals surface area contributed by atoms with Crippen molar-refractivity contribution in [1.29, 1.82) is 0 Å². The molecule has 0 saturated carbocycles. The Morgan fingerprint density at radius 3 is 3.16 bits per heavy atom. The molecule has 2 atom stereocenters. The van der Waals surface area contributed by atoms with Crippen molar-refractivity contribution in [3.63, 3.8) is 0 Å². The van der Waals surface area contributed by atoms with Gasteiger partial charge in [0.05, 0.1) is 12.7 Å². The summed E-state index contributed by atoms with van der Waals surface area (Å²) in [6.07, 6.45) is 3.95. The monoisotopic (exact) mass is 284 g/mol. The van der Waals surface area contributed by atoms with Crippen molar-refractivity contribution >= 4 is 11.8 Å². The number of hydrogen-bond donors (Lipinski definition) is 1. The summed E-state index contributed by atoms with van der Waals surface area (Å²) in [6, 6.07) is 0.335. The Balaban J connectivity index is 1.99. The Bertz CT molecular complexity index is 365. The average molecular weight is 284 g/mol. The van der Waals surface area contributed by atoms with Gasteiger partial charge in [0, 0.05) is 30.5 Å². The van der Waals surface area contributed by atoms with Gasteiger partial charge in [-0.3, -0.25) is 4.68 Å². The lowest BCUT2D eigenvalue weighted by Crippen LogP contribution is -2.46. The van der Waals surface area contributed by atoms with Crippen LogP contribution in [0, 0.1) is 0 Å². The van der Waals surface area contributed by atoms with Crippen molar-refractivity contribution in [2.24, 2.45) is 0 Å². The van der Waals surface area contributed by atoms with Crippen LogP contribution in [0.25, 0.3) is 0 Å². The van der Waals surface area contributed by atoms with Crippen LogP contribution >= 0.6 is 11.8 Å². The number of thioether (sulfide) groups is 1. The predicted octanol–water partition coefficient (Wildman–Crippen LogP) is 1.34. The van der Waals surface area contributed by atoms with Crippen LogP contribution in [0.3, 0.4) is 0 Å². The maximum atomic E-state index is 5.92. The van der Waals surface area contributed by atoms with E-state index < -0.39 is 0 Å². The van der Waals surface area contributed by atoms with Crippen molar-refractivity contribution in [1.82, 2.24) is 20.1 Å². The normalized spacial score (nSPS) is 21.5. The second kappa shape index (κ2) is 7.87. The minimum Gasteiger partial charge on any atom is -0.375 e. The largest absolute Gasteiger partial charge is 0.375 e. The Morgan fingerprint density at radius 1 is 1.58 bits per heavy atom. The fraction of sp³-hybridized carbons (Fsp3) is 0.846. The summed E-state index contributed by atoms with van der Waals surface area (Å²) in [7, 11) is 0. The van der Waals surface area contributed by atoms with Gasteiger partial charge >= 0.3 is 0 Å². The molecule has 1 aliphatic rings. The zero-order valence-electron chi connectivity index (χ0n) is 11.8. The van der Waals surface area contributed by atoms with Gasteiger partial charge in [0.25, 0.3) is 0 Å². The predicted molar refractivity (Wildman–Crippen MR) is 78.5 cm³/mol. The lowest BCUT2D eigenvalue weighted by molar-refractivity contribution is 0.0464. The van der Waals surface area contributed by atoms with Crippen LogP contribution in [0.2, 0.25) is 0 Å². The summed E-state index contributed by atoms with van der Waals surface area (Å²) in [5.74, 6) is 3.24. The summed E-state index contributed by atoms with van der Waals surface area (Å²) >= 11 is 1.98. The van der Waals surface area contributed by atoms with Gasteiger partial charge in [-0.2, -0.15) is 16.9 Å². The van der Waals surface area contributed by atoms with E-state index in [9.17, 15) is 0 Å². The molecule has 1 aliphatic heterocycles. The lowest BCUT2D eigenvalue weighted by Gasteiger charge is -2.30. The second-order valence-electron chi connectivity index (χ2n) is 4.74. The first-order valence-electron chi connectivity index (χ1n) is 7.14. The molecule has 19 heavy (non-hydrogen) atoms. The van der Waals surface area contributed by atoms with Crippen molar-refractivity contribution in [2.75, 3.05) is 24.7 Å². The summed E-state index contributed by atoms with van der Waals surface area (Å²) in [5.41, 5.74) is 0. The summed E-state index contributed by atoms with van der Waals surface area (Å²) in [4.78, 5) is 4.38. The fourth-order valence-electron chi connectivity index (χ4n) is 2.31. The Kier molecular flexibility index (Phi) is 6.13. The van der Waals surface area contributed by atoms with Crippen molar-refractivity contribution < 1.29 is 4.74 Å². The van der Waals surface area contributed by atoms with E-state index in [1.165, 1.54) is 0 Å². The third kappa shape index (κ3) is 4.19. The molecule has 1 N–H and O–H groups in total. The highest BCUT2D eigenvalue weighted by Crippen LogP contribution is 2.17. The molecule has 2 unspecified atom stereocenters. The van der Waals surface area contributed by atoms with E-state index in [1.807, 2.05) is 16.4 Å². The summed E-state index contributed by atoms with van der Waals surface area (Å²) in [6.45, 7) is 7.04. The zero-order valence-corrected chi connectivity index (χ0v) is 12.7. The van der Waals surface area contributed by atoms with Crippen LogP contribution < -0.4 is 5.32 Å². The van der Waals surface area contributed by atoms with Gasteiger partial charge < -0.3 is 10.1 Å². The fourth-order valence-corrected chi connectivity index (χ4v) is 3.25. The Hall–Kier alpha value is -0.590. The number of rotatable bonds is 7. The SMILES string of the molecule is CCCNC(Cc1ncnn1CC)C1CSCCO1. The van der Waals surface area contributed by atoms with Crippen LogP contribution in [0.5, 0.6) is 0 Å². The molecular weight excluding hydrogens is 260 g/mol. The van der Waals surface area contributed by atoms with Crippen molar-refractivity contribution in [3.05, 3.63) is 12.2 Å². The van der Waals surface area contributed by atoms with Gasteiger partial charge in [-0.15, -0.1) is 0 Å². The molecule has 2 heterocycles. The van der Waals surface area contributed by atoms with Crippen LogP contribution in [0.4, 0.5) is 0 Å². The second-order valence-corrected chi connectivity index (χ2v) is 5.89. The molecule has 0 aromatic carbocycles. The van der Waals surface area contributed by atoms with Gasteiger partial charge in [0.1, 0.15) is 12.2 Å². The molecule has 1 aromatic rings. The minimum atomic E-state index is 0.285. The van der Waals surface area contributed by atoms with Gasteiger partial charge in [0.2, 0.25) is 0 Å². The Labute approximate surface area is 119 Å². The van der Waals surface area contributed by atoms with Crippen LogP contribution in [0.15, 0.2) is 6.33 Å². The number of nitrogens with one attached hydrogen (secondary N) is 1. The molecule has 0 aliphatic carbocycles. The van der Waals surface area contributed by atoms with E-state index in [2.05, 4.69) is 29.2 Å². The van der Waals surface area contributed by atoms with Crippen LogP contribution in [0.1, 0.15) is 26.1 Å². The van der Waals surface area contributed by atoms with Gasteiger partial charge in [-0.05, 0) is 19.9 Å². The minimum absolute atomic E-state index is 0.285. The Morgan fingerprint density at radius 2 is 2.47 bits per heavy atom. The van der Waals surface area contributed by atoms with Crippen molar-refractivity contribution in [3.8, 4) is 0 Å². The zero-order chi connectivity index (χ0) is 13.5. The third-order valence-corrected chi connectivity index (χ3v) is 4.36. The van der Waals surface area contributed by atoms with E-state index in [4.69, 9.17) is 4.74 Å². The van der Waals surface area contributed by atoms with Gasteiger partial charge in [-0.25, -0.2) is 4.98 Å². The van der Waals surface area contributed by atoms with E-state index in [0.29, 0.717) is 6.04 Å². The highest BCUT2D eigenvalue weighted by atomic mass is 32.2. The maximum Gasteiger partial charge on any atom is 0.138 e. The maximum absolute atomic E-state index is 5.92. The van der Waals surface area contributed by atoms with E-state index in [-0.39, 0.29) is 6.10 Å². The molecule has 6 heteroatoms. The molecule has 1 saturated heterocycles. The lowest BCUT2D eigenvalue weighted by atomic mass is 10.1. The first-order chi connectivity index (χ1) is 9.35.